The van der Waals surface area contributed by atoms with Gasteiger partial charge in [0.15, 0.2) is 11.5 Å². The molecule has 0 saturated heterocycles. The van der Waals surface area contributed by atoms with E-state index >= 15 is 0 Å². The van der Waals surface area contributed by atoms with Crippen molar-refractivity contribution < 1.29 is 19.0 Å². The number of aromatic nitrogens is 2. The molecule has 33 heavy (non-hydrogen) atoms. The number of rotatable bonds is 10. The summed E-state index contributed by atoms with van der Waals surface area (Å²) in [6.45, 7) is 10.8. The van der Waals surface area contributed by atoms with Gasteiger partial charge in [-0.05, 0) is 58.9 Å². The second kappa shape index (κ2) is 11.2. The topological polar surface area (TPSA) is 87.0 Å². The molecule has 1 aromatic heterocycles. The summed E-state index contributed by atoms with van der Waals surface area (Å²) in [5, 5.41) is 8.76. The van der Waals surface area contributed by atoms with Crippen molar-refractivity contribution in [3.63, 3.8) is 0 Å². The number of carbonyl (C=O) groups is 1. The maximum atomic E-state index is 12.8. The molecule has 8 nitrogen and oxygen atoms in total. The van der Waals surface area contributed by atoms with Crippen LogP contribution in [0.5, 0.6) is 17.2 Å². The maximum Gasteiger partial charge on any atom is 0.271 e. The van der Waals surface area contributed by atoms with E-state index < -0.39 is 0 Å². The lowest BCUT2D eigenvalue weighted by Gasteiger charge is -2.16. The smallest absolute Gasteiger partial charge is 0.271 e. The Morgan fingerprint density at radius 1 is 1.00 bits per heavy atom. The molecule has 0 radical (unpaired) electrons. The molecule has 2 aromatic carbocycles. The summed E-state index contributed by atoms with van der Waals surface area (Å²) in [6.07, 6.45) is 1.61. The highest BCUT2D eigenvalue weighted by Crippen LogP contribution is 2.39. The van der Waals surface area contributed by atoms with E-state index in [1.807, 2.05) is 69.6 Å². The van der Waals surface area contributed by atoms with E-state index in [0.717, 1.165) is 22.6 Å². The third-order valence-corrected chi connectivity index (χ3v) is 4.88. The Kier molecular flexibility index (Phi) is 8.07. The Morgan fingerprint density at radius 2 is 1.61 bits per heavy atom. The van der Waals surface area contributed by atoms with E-state index in [0.29, 0.717) is 42.6 Å². The lowest BCUT2D eigenvalue weighted by Crippen LogP contribution is -2.18. The first-order valence-electron chi connectivity index (χ1n) is 11.0. The highest BCUT2D eigenvalue weighted by Gasteiger charge is 2.18. The Bertz CT molecular complexity index is 1100. The monoisotopic (exact) mass is 450 g/mol. The van der Waals surface area contributed by atoms with Gasteiger partial charge in [-0.2, -0.15) is 10.2 Å². The second-order valence-corrected chi connectivity index (χ2v) is 7.13. The lowest BCUT2D eigenvalue weighted by molar-refractivity contribution is 0.0954. The summed E-state index contributed by atoms with van der Waals surface area (Å²) < 4.78 is 18.9. The number of benzene rings is 2. The lowest BCUT2D eigenvalue weighted by atomic mass is 10.1. The molecule has 0 saturated carbocycles. The predicted octanol–water partition coefficient (Wildman–Crippen LogP) is 4.45. The van der Waals surface area contributed by atoms with Gasteiger partial charge in [-0.3, -0.25) is 4.79 Å². The molecule has 0 spiro atoms. The molecular weight excluding hydrogens is 420 g/mol. The number of hydrogen-bond acceptors (Lipinski definition) is 6. The van der Waals surface area contributed by atoms with E-state index in [1.54, 1.807) is 18.3 Å². The Morgan fingerprint density at radius 3 is 2.18 bits per heavy atom. The number of amides is 1. The van der Waals surface area contributed by atoms with Crippen LogP contribution in [0, 0.1) is 13.8 Å². The first kappa shape index (κ1) is 23.8. The van der Waals surface area contributed by atoms with Gasteiger partial charge >= 0.3 is 0 Å². The minimum absolute atomic E-state index is 0.357. The minimum Gasteiger partial charge on any atom is -0.490 e. The molecule has 1 amide bonds. The minimum atomic E-state index is -0.387. The average molecular weight is 451 g/mol. The Balaban J connectivity index is 1.83. The quantitative estimate of drug-likeness (QED) is 0.364. The molecule has 1 heterocycles. The van der Waals surface area contributed by atoms with Crippen molar-refractivity contribution in [2.24, 2.45) is 5.10 Å². The molecule has 1 N–H and O–H groups in total. The van der Waals surface area contributed by atoms with Gasteiger partial charge in [0.2, 0.25) is 5.75 Å². The van der Waals surface area contributed by atoms with E-state index in [1.165, 1.54) is 0 Å². The first-order chi connectivity index (χ1) is 16.0. The maximum absolute atomic E-state index is 12.8. The predicted molar refractivity (Wildman–Crippen MR) is 128 cm³/mol. The molecule has 174 valence electrons. The SMILES string of the molecule is CCOc1cc(C(=O)NN=Cc2c(C)nn(-c3ccccc3)c2C)cc(OCC)c1OCC. The molecule has 0 bridgehead atoms. The van der Waals surface area contributed by atoms with E-state index in [-0.39, 0.29) is 5.91 Å². The summed E-state index contributed by atoms with van der Waals surface area (Å²) >= 11 is 0. The number of nitrogens with zero attached hydrogens (tertiary/aromatic N) is 3. The number of nitrogens with one attached hydrogen (secondary N) is 1. The van der Waals surface area contributed by atoms with Gasteiger partial charge in [-0.1, -0.05) is 18.2 Å². The van der Waals surface area contributed by atoms with Crippen LogP contribution in [0.2, 0.25) is 0 Å². The number of carbonyl (C=O) groups excluding carboxylic acids is 1. The third kappa shape index (κ3) is 5.52. The number of ether oxygens (including phenoxy) is 3. The number of aryl methyl sites for hydroxylation is 1. The summed E-state index contributed by atoms with van der Waals surface area (Å²) in [7, 11) is 0. The van der Waals surface area contributed by atoms with Crippen LogP contribution in [0.1, 0.15) is 48.1 Å². The van der Waals surface area contributed by atoms with Crippen molar-refractivity contribution in [3.8, 4) is 22.9 Å². The van der Waals surface area contributed by atoms with Gasteiger partial charge in [-0.15, -0.1) is 0 Å². The molecule has 3 aromatic rings. The van der Waals surface area contributed by atoms with E-state index in [4.69, 9.17) is 14.2 Å². The zero-order valence-corrected chi connectivity index (χ0v) is 19.7. The fourth-order valence-electron chi connectivity index (χ4n) is 3.40. The highest BCUT2D eigenvalue weighted by molar-refractivity contribution is 5.96. The van der Waals surface area contributed by atoms with Gasteiger partial charge in [0, 0.05) is 11.1 Å². The largest absolute Gasteiger partial charge is 0.490 e. The molecule has 0 aliphatic heterocycles. The average Bonchev–Trinajstić information content (AvgIpc) is 3.10. The molecular formula is C25H30N4O4. The van der Waals surface area contributed by atoms with Crippen LogP contribution in [0.3, 0.4) is 0 Å². The second-order valence-electron chi connectivity index (χ2n) is 7.13. The van der Waals surface area contributed by atoms with Crippen molar-refractivity contribution in [1.82, 2.24) is 15.2 Å². The van der Waals surface area contributed by atoms with E-state index in [2.05, 4.69) is 15.6 Å². The van der Waals surface area contributed by atoms with Gasteiger partial charge in [0.1, 0.15) is 0 Å². The normalized spacial score (nSPS) is 10.9. The van der Waals surface area contributed by atoms with Gasteiger partial charge in [0.05, 0.1) is 43.1 Å². The summed E-state index contributed by atoms with van der Waals surface area (Å²) in [5.74, 6) is 1.01. The Labute approximate surface area is 194 Å². The standard InChI is InChI=1S/C25H30N4O4/c1-6-31-22-14-19(15-23(32-7-2)24(22)33-8-3)25(30)27-26-16-21-17(4)28-29(18(21)5)20-12-10-9-11-13-20/h9-16H,6-8H2,1-5H3,(H,27,30). The number of hydrazone groups is 1. The number of para-hydroxylation sites is 1. The fourth-order valence-corrected chi connectivity index (χ4v) is 3.40. The molecule has 0 unspecified atom stereocenters. The van der Waals surface area contributed by atoms with Crippen molar-refractivity contribution in [2.75, 3.05) is 19.8 Å². The van der Waals surface area contributed by atoms with Crippen LogP contribution in [-0.2, 0) is 0 Å². The number of hydrogen-bond donors (Lipinski definition) is 1. The van der Waals surface area contributed by atoms with E-state index in [9.17, 15) is 4.79 Å². The summed E-state index contributed by atoms with van der Waals surface area (Å²) in [4.78, 5) is 12.8. The van der Waals surface area contributed by atoms with Crippen molar-refractivity contribution in [1.29, 1.82) is 0 Å². The van der Waals surface area contributed by atoms with Crippen LogP contribution in [0.25, 0.3) is 5.69 Å². The molecule has 0 atom stereocenters. The molecule has 3 rings (SSSR count). The first-order valence-corrected chi connectivity index (χ1v) is 11.0. The van der Waals surface area contributed by atoms with Gasteiger partial charge in [0.25, 0.3) is 5.91 Å². The van der Waals surface area contributed by atoms with Crippen molar-refractivity contribution >= 4 is 12.1 Å². The zero-order chi connectivity index (χ0) is 23.8. The van der Waals surface area contributed by atoms with Crippen LogP contribution >= 0.6 is 0 Å². The highest BCUT2D eigenvalue weighted by atomic mass is 16.5. The molecule has 0 aliphatic carbocycles. The van der Waals surface area contributed by atoms with Crippen LogP contribution in [0.15, 0.2) is 47.6 Å². The molecule has 8 heteroatoms. The summed E-state index contributed by atoms with van der Waals surface area (Å²) in [6, 6.07) is 13.1. The van der Waals surface area contributed by atoms with Gasteiger partial charge < -0.3 is 14.2 Å². The molecule has 0 fully saturated rings. The van der Waals surface area contributed by atoms with Crippen LogP contribution < -0.4 is 19.6 Å². The Hall–Kier alpha value is -3.81. The third-order valence-electron chi connectivity index (χ3n) is 4.88. The fraction of sp³-hybridized carbons (Fsp3) is 0.320. The van der Waals surface area contributed by atoms with Crippen molar-refractivity contribution in [2.45, 2.75) is 34.6 Å². The van der Waals surface area contributed by atoms with Crippen LogP contribution in [-0.4, -0.2) is 41.7 Å². The molecule has 0 aliphatic rings. The zero-order valence-electron chi connectivity index (χ0n) is 19.7. The summed E-state index contributed by atoms with van der Waals surface area (Å²) in [5.41, 5.74) is 6.48. The van der Waals surface area contributed by atoms with Crippen molar-refractivity contribution in [3.05, 3.63) is 65.0 Å². The van der Waals surface area contributed by atoms with Gasteiger partial charge in [-0.25, -0.2) is 10.1 Å². The van der Waals surface area contributed by atoms with Crippen LogP contribution in [0.4, 0.5) is 0 Å².